The van der Waals surface area contributed by atoms with Gasteiger partial charge in [0.1, 0.15) is 5.69 Å². The third kappa shape index (κ3) is 4.71. The maximum absolute atomic E-state index is 5.17. The van der Waals surface area contributed by atoms with E-state index in [9.17, 15) is 0 Å². The number of pyridine rings is 1. The van der Waals surface area contributed by atoms with Gasteiger partial charge in [0.15, 0.2) is 5.82 Å². The second-order valence-electron chi connectivity index (χ2n) is 12.5. The summed E-state index contributed by atoms with van der Waals surface area (Å²) in [6.07, 6.45) is 1.82. The minimum Gasteiger partial charge on any atom is -0.309 e. The highest BCUT2D eigenvalue weighted by molar-refractivity contribution is 7.26. The number of aromatic nitrogens is 4. The number of thiophene rings is 1. The van der Waals surface area contributed by atoms with Gasteiger partial charge in [-0.05, 0) is 82.9 Å². The summed E-state index contributed by atoms with van der Waals surface area (Å²) in [6, 6.07) is 57.9. The first-order chi connectivity index (χ1) is 24.8. The fourth-order valence-electron chi connectivity index (χ4n) is 7.10. The Morgan fingerprint density at radius 1 is 0.460 bits per heavy atom. The molecule has 4 nitrogen and oxygen atoms in total. The molecular weight excluding hydrogens is 629 g/mol. The molecule has 6 aromatic carbocycles. The van der Waals surface area contributed by atoms with Crippen molar-refractivity contribution in [2.75, 3.05) is 0 Å². The first-order valence-corrected chi connectivity index (χ1v) is 17.5. The topological polar surface area (TPSA) is 43.6 Å². The van der Waals surface area contributed by atoms with Gasteiger partial charge in [0.2, 0.25) is 0 Å². The Labute approximate surface area is 292 Å². The Hall–Kier alpha value is -6.43. The molecule has 0 aliphatic heterocycles. The van der Waals surface area contributed by atoms with Gasteiger partial charge < -0.3 is 4.57 Å². The molecule has 10 rings (SSSR count). The second-order valence-corrected chi connectivity index (χ2v) is 13.5. The Morgan fingerprint density at radius 2 is 1.12 bits per heavy atom. The van der Waals surface area contributed by atoms with Gasteiger partial charge in [-0.3, -0.25) is 4.98 Å². The molecule has 5 heteroatoms. The predicted molar refractivity (Wildman–Crippen MR) is 209 cm³/mol. The molecule has 0 amide bonds. The van der Waals surface area contributed by atoms with Gasteiger partial charge in [-0.2, -0.15) is 0 Å². The predicted octanol–water partition coefficient (Wildman–Crippen LogP) is 12.0. The molecule has 10 aromatic rings. The van der Waals surface area contributed by atoms with E-state index in [2.05, 4.69) is 137 Å². The van der Waals surface area contributed by atoms with Gasteiger partial charge in [0.25, 0.3) is 0 Å². The summed E-state index contributed by atoms with van der Waals surface area (Å²) in [5.74, 6) is 0.704. The fraction of sp³-hybridized carbons (Fsp3) is 0. The molecular formula is C45H28N4S. The Balaban J connectivity index is 1.11. The van der Waals surface area contributed by atoms with E-state index < -0.39 is 0 Å². The summed E-state index contributed by atoms with van der Waals surface area (Å²) < 4.78 is 4.58. The molecule has 234 valence electrons. The van der Waals surface area contributed by atoms with Crippen molar-refractivity contribution in [3.8, 4) is 50.7 Å². The van der Waals surface area contributed by atoms with Crippen LogP contribution in [-0.2, 0) is 0 Å². The molecule has 0 N–H and O–H groups in total. The van der Waals surface area contributed by atoms with Crippen molar-refractivity contribution in [2.45, 2.75) is 0 Å². The van der Waals surface area contributed by atoms with Crippen molar-refractivity contribution in [3.63, 3.8) is 0 Å². The Bertz CT molecular complexity index is 2860. The van der Waals surface area contributed by atoms with E-state index in [1.165, 1.54) is 37.6 Å². The molecule has 0 spiro atoms. The highest BCUT2D eigenvalue weighted by Gasteiger charge is 2.18. The lowest BCUT2D eigenvalue weighted by molar-refractivity contribution is 1.18. The highest BCUT2D eigenvalue weighted by Crippen LogP contribution is 2.41. The van der Waals surface area contributed by atoms with Crippen LogP contribution in [0.2, 0.25) is 0 Å². The van der Waals surface area contributed by atoms with E-state index in [0.29, 0.717) is 5.82 Å². The number of hydrogen-bond acceptors (Lipinski definition) is 4. The van der Waals surface area contributed by atoms with E-state index >= 15 is 0 Å². The average molecular weight is 657 g/mol. The number of benzene rings is 6. The Morgan fingerprint density at radius 3 is 1.92 bits per heavy atom. The van der Waals surface area contributed by atoms with Crippen molar-refractivity contribution in [1.82, 2.24) is 19.5 Å². The van der Waals surface area contributed by atoms with Crippen LogP contribution in [0.4, 0.5) is 0 Å². The second kappa shape index (κ2) is 11.6. The Kier molecular flexibility index (Phi) is 6.64. The quantitative estimate of drug-likeness (QED) is 0.185. The maximum Gasteiger partial charge on any atom is 0.160 e. The molecule has 0 saturated carbocycles. The third-order valence-electron chi connectivity index (χ3n) is 9.47. The first kappa shape index (κ1) is 28.6. The summed E-state index contributed by atoms with van der Waals surface area (Å²) in [6.45, 7) is 0. The lowest BCUT2D eigenvalue weighted by atomic mass is 9.97. The summed E-state index contributed by atoms with van der Waals surface area (Å²) in [5, 5.41) is 3.62. The largest absolute Gasteiger partial charge is 0.309 e. The smallest absolute Gasteiger partial charge is 0.160 e. The van der Waals surface area contributed by atoms with Crippen molar-refractivity contribution in [2.24, 2.45) is 0 Å². The fourth-order valence-corrected chi connectivity index (χ4v) is 8.22. The SMILES string of the molecule is c1ccc(-c2nc(-c3ccccn3)c3sc4ccc(-c5cccc(-c6ccc7c(c6)c6ccccc6n7-c6ccccc6)c5)cc4c3n2)cc1. The molecule has 50 heavy (non-hydrogen) atoms. The lowest BCUT2D eigenvalue weighted by Gasteiger charge is -2.09. The number of hydrogen-bond donors (Lipinski definition) is 0. The van der Waals surface area contributed by atoms with Gasteiger partial charge in [-0.15, -0.1) is 11.3 Å². The van der Waals surface area contributed by atoms with Crippen LogP contribution in [0.5, 0.6) is 0 Å². The number of fused-ring (bicyclic) bond motifs is 6. The molecule has 0 bridgehead atoms. The summed E-state index contributed by atoms with van der Waals surface area (Å²) in [5.41, 5.74) is 11.9. The molecule has 4 heterocycles. The van der Waals surface area contributed by atoms with E-state index in [0.717, 1.165) is 49.4 Å². The molecule has 0 saturated heterocycles. The monoisotopic (exact) mass is 656 g/mol. The summed E-state index contributed by atoms with van der Waals surface area (Å²) in [4.78, 5) is 14.9. The number of nitrogens with zero attached hydrogens (tertiary/aromatic N) is 4. The van der Waals surface area contributed by atoms with E-state index in [-0.39, 0.29) is 0 Å². The maximum atomic E-state index is 5.17. The summed E-state index contributed by atoms with van der Waals surface area (Å²) in [7, 11) is 0. The van der Waals surface area contributed by atoms with Gasteiger partial charge in [-0.1, -0.05) is 103 Å². The zero-order valence-corrected chi connectivity index (χ0v) is 27.7. The van der Waals surface area contributed by atoms with Crippen LogP contribution in [0.25, 0.3) is 92.8 Å². The van der Waals surface area contributed by atoms with Crippen LogP contribution in [0.15, 0.2) is 170 Å². The van der Waals surface area contributed by atoms with Crippen LogP contribution >= 0.6 is 11.3 Å². The van der Waals surface area contributed by atoms with Crippen LogP contribution < -0.4 is 0 Å². The van der Waals surface area contributed by atoms with Crippen LogP contribution in [0, 0.1) is 0 Å². The minimum absolute atomic E-state index is 0.704. The average Bonchev–Trinajstić information content (AvgIpc) is 3.73. The lowest BCUT2D eigenvalue weighted by Crippen LogP contribution is -1.94. The van der Waals surface area contributed by atoms with E-state index in [1.807, 2.05) is 42.6 Å². The third-order valence-corrected chi connectivity index (χ3v) is 10.6. The van der Waals surface area contributed by atoms with Crippen molar-refractivity contribution in [1.29, 1.82) is 0 Å². The minimum atomic E-state index is 0.704. The number of rotatable bonds is 5. The summed E-state index contributed by atoms with van der Waals surface area (Å²) >= 11 is 1.73. The van der Waals surface area contributed by atoms with Crippen LogP contribution in [-0.4, -0.2) is 19.5 Å². The molecule has 0 radical (unpaired) electrons. The van der Waals surface area contributed by atoms with Crippen molar-refractivity contribution >= 4 is 53.4 Å². The van der Waals surface area contributed by atoms with Gasteiger partial charge in [0.05, 0.1) is 26.9 Å². The van der Waals surface area contributed by atoms with Crippen LogP contribution in [0.3, 0.4) is 0 Å². The van der Waals surface area contributed by atoms with Crippen molar-refractivity contribution < 1.29 is 0 Å². The molecule has 0 fully saturated rings. The molecule has 0 aliphatic rings. The van der Waals surface area contributed by atoms with E-state index in [1.54, 1.807) is 11.3 Å². The van der Waals surface area contributed by atoms with Crippen molar-refractivity contribution in [3.05, 3.63) is 170 Å². The van der Waals surface area contributed by atoms with E-state index in [4.69, 9.17) is 9.97 Å². The number of para-hydroxylation sites is 2. The molecule has 0 unspecified atom stereocenters. The first-order valence-electron chi connectivity index (χ1n) is 16.7. The standard InChI is InChI=1S/C45H28N4S/c1-3-12-29(13-4-1)45-47-42-37-28-33(22-24-41(37)50-44(42)43(48-45)38-19-9-10-25-46-38)31-15-11-14-30(26-31)32-21-23-40-36(27-32)35-18-7-8-20-39(35)49(40)34-16-5-2-6-17-34/h1-28H. The highest BCUT2D eigenvalue weighted by atomic mass is 32.1. The van der Waals surface area contributed by atoms with Gasteiger partial charge in [-0.25, -0.2) is 9.97 Å². The van der Waals surface area contributed by atoms with Gasteiger partial charge >= 0.3 is 0 Å². The molecule has 4 aromatic heterocycles. The zero-order chi connectivity index (χ0) is 33.0. The molecule has 0 atom stereocenters. The van der Waals surface area contributed by atoms with Crippen LogP contribution in [0.1, 0.15) is 0 Å². The normalized spacial score (nSPS) is 11.6. The molecule has 0 aliphatic carbocycles. The zero-order valence-electron chi connectivity index (χ0n) is 26.9. The van der Waals surface area contributed by atoms with Gasteiger partial charge in [0, 0.05) is 38.3 Å².